The van der Waals surface area contributed by atoms with Gasteiger partial charge in [0.25, 0.3) is 5.56 Å². The number of rotatable bonds is 8. The Morgan fingerprint density at radius 2 is 1.84 bits per heavy atom. The molecule has 2 heterocycles. The van der Waals surface area contributed by atoms with Crippen LogP contribution >= 0.6 is 34.8 Å². The Kier molecular flexibility index (Phi) is 8.32. The Labute approximate surface area is 234 Å². The van der Waals surface area contributed by atoms with Crippen molar-refractivity contribution in [1.29, 1.82) is 0 Å². The van der Waals surface area contributed by atoms with Gasteiger partial charge in [0.2, 0.25) is 5.91 Å². The first kappa shape index (κ1) is 27.9. The number of amides is 1. The highest BCUT2D eigenvalue weighted by Gasteiger charge is 2.23. The number of likely N-dealkylation sites (N-methyl/N-ethyl adjacent to an activating group) is 1. The molecule has 0 unspecified atom stereocenters. The van der Waals surface area contributed by atoms with E-state index in [1.165, 1.54) is 11.8 Å². The molecular weight excluding hydrogens is 551 g/mol. The van der Waals surface area contributed by atoms with Crippen molar-refractivity contribution in [1.82, 2.24) is 24.6 Å². The van der Waals surface area contributed by atoms with Crippen molar-refractivity contribution in [3.8, 4) is 11.4 Å². The topological polar surface area (TPSA) is 105 Å². The number of nitrogens with zero attached hydrogens (tertiary/aromatic N) is 4. The number of fused-ring (bicyclic) bond motifs is 1. The molecule has 38 heavy (non-hydrogen) atoms. The molecule has 0 saturated heterocycles. The molecule has 0 aliphatic rings. The fourth-order valence-electron chi connectivity index (χ4n) is 4.10. The molecule has 12 heteroatoms. The number of benzene rings is 2. The minimum atomic E-state index is -0.319. The van der Waals surface area contributed by atoms with E-state index >= 15 is 0 Å². The van der Waals surface area contributed by atoms with E-state index in [2.05, 4.69) is 15.4 Å². The molecule has 1 amide bonds. The average Bonchev–Trinajstić information content (AvgIpc) is 3.19. The zero-order valence-electron chi connectivity index (χ0n) is 21.5. The van der Waals surface area contributed by atoms with E-state index in [0.717, 1.165) is 5.56 Å². The van der Waals surface area contributed by atoms with Gasteiger partial charge in [-0.05, 0) is 49.8 Å². The molecule has 4 rings (SSSR count). The first-order valence-electron chi connectivity index (χ1n) is 11.8. The maximum absolute atomic E-state index is 13.3. The lowest BCUT2D eigenvalue weighted by Crippen LogP contribution is -2.27. The van der Waals surface area contributed by atoms with Gasteiger partial charge in [0.1, 0.15) is 22.6 Å². The van der Waals surface area contributed by atoms with Gasteiger partial charge >= 0.3 is 0 Å². The molecule has 0 bridgehead atoms. The Bertz CT molecular complexity index is 1560. The second kappa shape index (κ2) is 11.3. The third-order valence-electron chi connectivity index (χ3n) is 5.73. The molecule has 0 aliphatic carbocycles. The highest BCUT2D eigenvalue weighted by molar-refractivity contribution is 6.40. The number of aromatic nitrogens is 4. The standard InChI is InChI=1S/C26H27Cl3N6O3/c1-13(2)23-22-25(35(33-23)24-16(28)10-15(27)11-17(24)29)31-20(32-26(22)37)9-14-6-7-18(19(8-14)38-5)30-21(36)12-34(3)4/h6-8,10-11,13H,9,12H2,1-5H3,(H,30,36)(H,31,32,37). The largest absolute Gasteiger partial charge is 0.495 e. The smallest absolute Gasteiger partial charge is 0.262 e. The summed E-state index contributed by atoms with van der Waals surface area (Å²) >= 11 is 19.1. The molecular formula is C26H27Cl3N6O3. The van der Waals surface area contributed by atoms with Crippen molar-refractivity contribution in [2.45, 2.75) is 26.2 Å². The number of aromatic amines is 1. The normalized spacial score (nSPS) is 11.5. The van der Waals surface area contributed by atoms with Gasteiger partial charge in [-0.2, -0.15) is 5.10 Å². The SMILES string of the molecule is COc1cc(Cc2nc3c(c(C(C)C)nn3-c3c(Cl)cc(Cl)cc3Cl)c(=O)[nH]2)ccc1NC(=O)CN(C)C. The summed E-state index contributed by atoms with van der Waals surface area (Å²) in [7, 11) is 5.16. The van der Waals surface area contributed by atoms with Crippen LogP contribution in [0.1, 0.15) is 36.8 Å². The van der Waals surface area contributed by atoms with Crippen molar-refractivity contribution in [3.63, 3.8) is 0 Å². The number of anilines is 1. The van der Waals surface area contributed by atoms with Gasteiger partial charge < -0.3 is 19.9 Å². The van der Waals surface area contributed by atoms with Crippen LogP contribution in [0.25, 0.3) is 16.7 Å². The maximum Gasteiger partial charge on any atom is 0.262 e. The number of carbonyl (C=O) groups is 1. The first-order chi connectivity index (χ1) is 18.0. The maximum atomic E-state index is 13.3. The van der Waals surface area contributed by atoms with Crippen molar-refractivity contribution >= 4 is 57.4 Å². The molecule has 9 nitrogen and oxygen atoms in total. The van der Waals surface area contributed by atoms with E-state index in [9.17, 15) is 9.59 Å². The summed E-state index contributed by atoms with van der Waals surface area (Å²) in [5.74, 6) is 0.680. The molecule has 200 valence electrons. The van der Waals surface area contributed by atoms with Crippen molar-refractivity contribution in [2.75, 3.05) is 33.1 Å². The molecule has 2 N–H and O–H groups in total. The van der Waals surface area contributed by atoms with Crippen molar-refractivity contribution in [2.24, 2.45) is 0 Å². The van der Waals surface area contributed by atoms with E-state index < -0.39 is 0 Å². The van der Waals surface area contributed by atoms with Gasteiger partial charge in [-0.1, -0.05) is 54.7 Å². The monoisotopic (exact) mass is 576 g/mol. The third-order valence-corrected chi connectivity index (χ3v) is 6.52. The third kappa shape index (κ3) is 5.81. The lowest BCUT2D eigenvalue weighted by molar-refractivity contribution is -0.116. The van der Waals surface area contributed by atoms with E-state index in [-0.39, 0.29) is 40.4 Å². The molecule has 2 aromatic carbocycles. The summed E-state index contributed by atoms with van der Waals surface area (Å²) in [4.78, 5) is 34.9. The van der Waals surface area contributed by atoms with Crippen LogP contribution in [0.5, 0.6) is 5.75 Å². The van der Waals surface area contributed by atoms with Gasteiger partial charge in [0.05, 0.1) is 35.1 Å². The van der Waals surface area contributed by atoms with Gasteiger partial charge in [0.15, 0.2) is 5.65 Å². The average molecular weight is 578 g/mol. The Morgan fingerprint density at radius 1 is 1.16 bits per heavy atom. The second-order valence-corrected chi connectivity index (χ2v) is 10.6. The summed E-state index contributed by atoms with van der Waals surface area (Å²) in [5.41, 5.74) is 2.33. The second-order valence-electron chi connectivity index (χ2n) is 9.38. The number of halogens is 3. The molecule has 0 radical (unpaired) electrons. The minimum absolute atomic E-state index is 0.0585. The number of nitrogens with one attached hydrogen (secondary N) is 2. The van der Waals surface area contributed by atoms with Gasteiger partial charge in [0, 0.05) is 11.4 Å². The van der Waals surface area contributed by atoms with Crippen LogP contribution in [0.4, 0.5) is 5.69 Å². The van der Waals surface area contributed by atoms with Gasteiger partial charge in [-0.15, -0.1) is 0 Å². The van der Waals surface area contributed by atoms with E-state index in [4.69, 9.17) is 44.5 Å². The molecule has 0 fully saturated rings. The summed E-state index contributed by atoms with van der Waals surface area (Å²) < 4.78 is 6.99. The van der Waals surface area contributed by atoms with Crippen LogP contribution in [0.3, 0.4) is 0 Å². The van der Waals surface area contributed by atoms with Crippen LogP contribution < -0.4 is 15.6 Å². The molecule has 0 atom stereocenters. The molecule has 4 aromatic rings. The number of ether oxygens (including phenoxy) is 1. The van der Waals surface area contributed by atoms with E-state index in [0.29, 0.717) is 44.7 Å². The lowest BCUT2D eigenvalue weighted by Gasteiger charge is -2.14. The predicted octanol–water partition coefficient (Wildman–Crippen LogP) is 5.29. The number of hydrogen-bond donors (Lipinski definition) is 2. The summed E-state index contributed by atoms with van der Waals surface area (Å²) in [5, 5.41) is 8.81. The van der Waals surface area contributed by atoms with Gasteiger partial charge in [-0.3, -0.25) is 9.59 Å². The van der Waals surface area contributed by atoms with Crippen molar-refractivity contribution < 1.29 is 9.53 Å². The quantitative estimate of drug-likeness (QED) is 0.295. The Morgan fingerprint density at radius 3 is 2.45 bits per heavy atom. The van der Waals surface area contributed by atoms with E-state index in [1.807, 2.05) is 34.0 Å². The fraction of sp³-hybridized carbons (Fsp3) is 0.308. The summed E-state index contributed by atoms with van der Waals surface area (Å²) in [6, 6.07) is 8.51. The van der Waals surface area contributed by atoms with Crippen LogP contribution in [0, 0.1) is 0 Å². The summed E-state index contributed by atoms with van der Waals surface area (Å²) in [6.45, 7) is 4.12. The molecule has 2 aromatic heterocycles. The highest BCUT2D eigenvalue weighted by atomic mass is 35.5. The number of H-pyrrole nitrogens is 1. The molecule has 0 spiro atoms. The van der Waals surface area contributed by atoms with Crippen LogP contribution in [-0.4, -0.2) is 58.3 Å². The van der Waals surface area contributed by atoms with Crippen LogP contribution in [0.15, 0.2) is 35.1 Å². The van der Waals surface area contributed by atoms with Crippen LogP contribution in [0.2, 0.25) is 15.1 Å². The van der Waals surface area contributed by atoms with Gasteiger partial charge in [-0.25, -0.2) is 9.67 Å². The molecule has 0 saturated carbocycles. The zero-order valence-corrected chi connectivity index (χ0v) is 23.8. The minimum Gasteiger partial charge on any atom is -0.495 e. The zero-order chi connectivity index (χ0) is 27.7. The number of carbonyl (C=O) groups excluding carboxylic acids is 1. The fourth-order valence-corrected chi connectivity index (χ4v) is 5.07. The van der Waals surface area contributed by atoms with Crippen LogP contribution in [-0.2, 0) is 11.2 Å². The first-order valence-corrected chi connectivity index (χ1v) is 12.9. The molecule has 0 aliphatic heterocycles. The van der Waals surface area contributed by atoms with Crippen molar-refractivity contribution in [3.05, 3.63) is 72.8 Å². The highest BCUT2D eigenvalue weighted by Crippen LogP contribution is 2.35. The Balaban J connectivity index is 1.77. The lowest BCUT2D eigenvalue weighted by atomic mass is 10.1. The Hall–Kier alpha value is -3.11. The number of hydrogen-bond acceptors (Lipinski definition) is 6. The predicted molar refractivity (Wildman–Crippen MR) is 152 cm³/mol. The van der Waals surface area contributed by atoms with E-state index in [1.54, 1.807) is 29.2 Å². The number of methoxy groups -OCH3 is 1. The summed E-state index contributed by atoms with van der Waals surface area (Å²) in [6.07, 6.45) is 0.289.